The molecule has 1 saturated carbocycles. The van der Waals surface area contributed by atoms with Crippen molar-refractivity contribution in [2.75, 3.05) is 26.3 Å². The molecule has 5 heteroatoms. The van der Waals surface area contributed by atoms with Gasteiger partial charge in [0.05, 0.1) is 13.2 Å². The summed E-state index contributed by atoms with van der Waals surface area (Å²) in [6, 6.07) is 0.498. The predicted molar refractivity (Wildman–Crippen MR) is 82.3 cm³/mol. The summed E-state index contributed by atoms with van der Waals surface area (Å²) >= 11 is 0. The monoisotopic (exact) mass is 298 g/mol. The van der Waals surface area contributed by atoms with Crippen LogP contribution < -0.4 is 10.6 Å². The van der Waals surface area contributed by atoms with Gasteiger partial charge in [-0.2, -0.15) is 0 Å². The van der Waals surface area contributed by atoms with Crippen LogP contribution in [0, 0.1) is 11.3 Å². The van der Waals surface area contributed by atoms with Gasteiger partial charge >= 0.3 is 6.09 Å². The van der Waals surface area contributed by atoms with Crippen LogP contribution in [-0.2, 0) is 9.47 Å². The molecule has 2 atom stereocenters. The smallest absolute Gasteiger partial charge is 0.407 e. The van der Waals surface area contributed by atoms with Crippen molar-refractivity contribution >= 4 is 6.09 Å². The fraction of sp³-hybridized carbons (Fsp3) is 0.938. The van der Waals surface area contributed by atoms with Crippen molar-refractivity contribution in [3.05, 3.63) is 0 Å². The van der Waals surface area contributed by atoms with Crippen LogP contribution in [0.3, 0.4) is 0 Å². The Morgan fingerprint density at radius 2 is 2.05 bits per heavy atom. The zero-order valence-corrected chi connectivity index (χ0v) is 13.8. The minimum absolute atomic E-state index is 0.297. The molecule has 21 heavy (non-hydrogen) atoms. The number of rotatable bonds is 5. The lowest BCUT2D eigenvalue weighted by atomic mass is 9.88. The topological polar surface area (TPSA) is 59.6 Å². The van der Waals surface area contributed by atoms with Crippen LogP contribution in [0.5, 0.6) is 0 Å². The van der Waals surface area contributed by atoms with E-state index in [1.54, 1.807) is 0 Å². The van der Waals surface area contributed by atoms with Gasteiger partial charge < -0.3 is 20.1 Å². The second-order valence-electron chi connectivity index (χ2n) is 7.86. The molecule has 2 aliphatic rings. The normalized spacial score (nSPS) is 28.0. The summed E-state index contributed by atoms with van der Waals surface area (Å²) in [5.74, 6) is 0.502. The van der Waals surface area contributed by atoms with Gasteiger partial charge in [-0.1, -0.05) is 13.3 Å². The third kappa shape index (κ3) is 5.15. The molecule has 1 heterocycles. The number of alkyl carbamates (subject to hydrolysis) is 1. The molecule has 0 aromatic carbocycles. The third-order valence-corrected chi connectivity index (χ3v) is 4.26. The molecule has 2 N–H and O–H groups in total. The first-order chi connectivity index (χ1) is 9.77. The number of hydrogen-bond donors (Lipinski definition) is 2. The summed E-state index contributed by atoms with van der Waals surface area (Å²) in [5.41, 5.74) is -0.137. The fourth-order valence-electron chi connectivity index (χ4n) is 3.01. The Labute approximate surface area is 128 Å². The minimum atomic E-state index is -0.434. The molecule has 2 rings (SSSR count). The largest absolute Gasteiger partial charge is 0.444 e. The Bertz CT molecular complexity index is 361. The molecule has 0 spiro atoms. The third-order valence-electron chi connectivity index (χ3n) is 4.26. The highest BCUT2D eigenvalue weighted by atomic mass is 16.6. The van der Waals surface area contributed by atoms with E-state index in [0.717, 1.165) is 19.8 Å². The van der Waals surface area contributed by atoms with E-state index in [9.17, 15) is 4.79 Å². The van der Waals surface area contributed by atoms with Crippen LogP contribution in [0.25, 0.3) is 0 Å². The Balaban J connectivity index is 1.70. The van der Waals surface area contributed by atoms with E-state index < -0.39 is 5.60 Å². The van der Waals surface area contributed by atoms with Gasteiger partial charge in [0.25, 0.3) is 0 Å². The van der Waals surface area contributed by atoms with E-state index >= 15 is 0 Å². The van der Waals surface area contributed by atoms with Crippen LogP contribution >= 0.6 is 0 Å². The summed E-state index contributed by atoms with van der Waals surface area (Å²) in [4.78, 5) is 11.7. The average Bonchev–Trinajstić information content (AvgIpc) is 2.77. The molecule has 0 radical (unpaired) electrons. The number of carbonyl (C=O) groups excluding carboxylic acids is 1. The van der Waals surface area contributed by atoms with Crippen molar-refractivity contribution in [2.24, 2.45) is 11.3 Å². The van der Waals surface area contributed by atoms with Crippen LogP contribution in [0.2, 0.25) is 0 Å². The molecule has 122 valence electrons. The molecule has 1 aliphatic heterocycles. The fourth-order valence-corrected chi connectivity index (χ4v) is 3.01. The van der Waals surface area contributed by atoms with Gasteiger partial charge in [0, 0.05) is 24.5 Å². The number of nitrogens with one attached hydrogen (secondary N) is 2. The molecule has 0 aromatic rings. The lowest BCUT2D eigenvalue weighted by Crippen LogP contribution is -2.51. The van der Waals surface area contributed by atoms with Crippen LogP contribution in [0.1, 0.15) is 47.0 Å². The molecule has 2 fully saturated rings. The van der Waals surface area contributed by atoms with Crippen molar-refractivity contribution in [3.8, 4) is 0 Å². The number of amides is 1. The SMILES string of the molecule is CC1(CNC2CCCC2CNC(=O)OC(C)(C)C)COC1. The molecule has 5 nitrogen and oxygen atoms in total. The summed E-state index contributed by atoms with van der Waals surface area (Å²) in [5, 5.41) is 6.58. The molecule has 0 bridgehead atoms. The maximum absolute atomic E-state index is 11.7. The van der Waals surface area contributed by atoms with E-state index in [0.29, 0.717) is 23.9 Å². The summed E-state index contributed by atoms with van der Waals surface area (Å²) in [6.45, 7) is 11.3. The number of carbonyl (C=O) groups is 1. The summed E-state index contributed by atoms with van der Waals surface area (Å²) < 4.78 is 10.6. The first kappa shape index (κ1) is 16.6. The lowest BCUT2D eigenvalue weighted by Gasteiger charge is -2.39. The van der Waals surface area contributed by atoms with Crippen LogP contribution in [0.15, 0.2) is 0 Å². The molecular weight excluding hydrogens is 268 g/mol. The molecule has 1 amide bonds. The lowest BCUT2D eigenvalue weighted by molar-refractivity contribution is -0.100. The predicted octanol–water partition coefficient (Wildman–Crippen LogP) is 2.31. The molecule has 2 unspecified atom stereocenters. The van der Waals surface area contributed by atoms with Gasteiger partial charge in [0.15, 0.2) is 0 Å². The molecule has 1 aliphatic carbocycles. The first-order valence-electron chi connectivity index (χ1n) is 8.05. The van der Waals surface area contributed by atoms with E-state index in [2.05, 4.69) is 17.6 Å². The number of ether oxygens (including phenoxy) is 2. The van der Waals surface area contributed by atoms with E-state index in [1.807, 2.05) is 20.8 Å². The second-order valence-corrected chi connectivity index (χ2v) is 7.86. The van der Waals surface area contributed by atoms with E-state index in [4.69, 9.17) is 9.47 Å². The van der Waals surface area contributed by atoms with Gasteiger partial charge in [0.2, 0.25) is 0 Å². The van der Waals surface area contributed by atoms with E-state index in [-0.39, 0.29) is 6.09 Å². The van der Waals surface area contributed by atoms with Crippen molar-refractivity contribution in [3.63, 3.8) is 0 Å². The molecular formula is C16H30N2O3. The highest BCUT2D eigenvalue weighted by molar-refractivity contribution is 5.67. The van der Waals surface area contributed by atoms with Gasteiger partial charge in [-0.3, -0.25) is 0 Å². The number of hydrogen-bond acceptors (Lipinski definition) is 4. The minimum Gasteiger partial charge on any atom is -0.444 e. The van der Waals surface area contributed by atoms with Crippen LogP contribution in [-0.4, -0.2) is 44.0 Å². The van der Waals surface area contributed by atoms with Crippen LogP contribution in [0.4, 0.5) is 4.79 Å². The maximum Gasteiger partial charge on any atom is 0.407 e. The Kier molecular flexibility index (Phi) is 5.15. The summed E-state index contributed by atoms with van der Waals surface area (Å²) in [7, 11) is 0. The second kappa shape index (κ2) is 6.53. The van der Waals surface area contributed by atoms with Gasteiger partial charge in [-0.15, -0.1) is 0 Å². The van der Waals surface area contributed by atoms with Gasteiger partial charge in [-0.05, 0) is 39.5 Å². The molecule has 1 saturated heterocycles. The highest BCUT2D eigenvalue weighted by Crippen LogP contribution is 2.29. The van der Waals surface area contributed by atoms with Crippen molar-refractivity contribution in [1.29, 1.82) is 0 Å². The average molecular weight is 298 g/mol. The van der Waals surface area contributed by atoms with E-state index in [1.165, 1.54) is 19.3 Å². The maximum atomic E-state index is 11.7. The Morgan fingerprint density at radius 3 is 2.62 bits per heavy atom. The standard InChI is InChI=1S/C16H30N2O3/c1-15(2,3)21-14(19)17-8-12-6-5-7-13(12)18-9-16(4)10-20-11-16/h12-13,18H,5-11H2,1-4H3,(H,17,19). The van der Waals surface area contributed by atoms with Crippen molar-refractivity contribution in [1.82, 2.24) is 10.6 Å². The zero-order chi connectivity index (χ0) is 15.5. The summed E-state index contributed by atoms with van der Waals surface area (Å²) in [6.07, 6.45) is 3.27. The Hall–Kier alpha value is -0.810. The van der Waals surface area contributed by atoms with Gasteiger partial charge in [-0.25, -0.2) is 4.79 Å². The molecule has 0 aromatic heterocycles. The van der Waals surface area contributed by atoms with Crippen molar-refractivity contribution in [2.45, 2.75) is 58.6 Å². The van der Waals surface area contributed by atoms with Crippen molar-refractivity contribution < 1.29 is 14.3 Å². The highest BCUT2D eigenvalue weighted by Gasteiger charge is 2.35. The zero-order valence-electron chi connectivity index (χ0n) is 13.8. The Morgan fingerprint density at radius 1 is 1.33 bits per heavy atom. The quantitative estimate of drug-likeness (QED) is 0.817. The van der Waals surface area contributed by atoms with Gasteiger partial charge in [0.1, 0.15) is 5.60 Å². The first-order valence-corrected chi connectivity index (χ1v) is 8.05.